The molecule has 0 saturated heterocycles. The minimum Gasteiger partial charge on any atom is -0.497 e. The Kier molecular flexibility index (Phi) is 7.75. The Morgan fingerprint density at radius 3 is 2.35 bits per heavy atom. The van der Waals surface area contributed by atoms with Crippen LogP contribution in [0.5, 0.6) is 11.5 Å². The highest BCUT2D eigenvalue weighted by molar-refractivity contribution is 7.99. The number of hydrogen-bond acceptors (Lipinski definition) is 6. The van der Waals surface area contributed by atoms with Crippen LogP contribution in [0.4, 0.5) is 13.2 Å². The first kappa shape index (κ1) is 25.4. The molecule has 0 aliphatic carbocycles. The number of carbonyl (C=O) groups excluding carboxylic acids is 1. The van der Waals surface area contributed by atoms with E-state index in [4.69, 9.17) is 9.47 Å². The predicted molar refractivity (Wildman–Crippen MR) is 122 cm³/mol. The van der Waals surface area contributed by atoms with Gasteiger partial charge in [-0.3, -0.25) is 9.36 Å². The van der Waals surface area contributed by atoms with Crippen molar-refractivity contribution >= 4 is 17.7 Å². The largest absolute Gasteiger partial charge is 0.497 e. The number of methoxy groups -OCH3 is 1. The molecule has 1 heterocycles. The number of carbonyl (C=O) groups is 1. The molecule has 0 saturated carbocycles. The number of thioether (sulfide) groups is 1. The first-order valence-electron chi connectivity index (χ1n) is 10.3. The van der Waals surface area contributed by atoms with Crippen molar-refractivity contribution in [3.63, 3.8) is 0 Å². The third kappa shape index (κ3) is 6.89. The zero-order valence-electron chi connectivity index (χ0n) is 19.1. The Balaban J connectivity index is 1.88. The standard InChI is InChI=1S/C23H25F3N4O3S/c1-22(2,3)27-20(31)14-34-21-29-28-19(13-33-18-10-8-17(32-4)9-11-18)30(21)16-7-5-6-15(12-16)23(24,25)26/h5-12H,13-14H2,1-4H3,(H,27,31). The second kappa shape index (κ2) is 10.4. The van der Waals surface area contributed by atoms with Crippen molar-refractivity contribution in [1.29, 1.82) is 0 Å². The van der Waals surface area contributed by atoms with Crippen LogP contribution in [0, 0.1) is 0 Å². The van der Waals surface area contributed by atoms with Gasteiger partial charge in [-0.2, -0.15) is 13.2 Å². The summed E-state index contributed by atoms with van der Waals surface area (Å²) in [5.74, 6) is 1.26. The van der Waals surface area contributed by atoms with Gasteiger partial charge in [-0.15, -0.1) is 10.2 Å². The topological polar surface area (TPSA) is 78.3 Å². The van der Waals surface area contributed by atoms with E-state index in [0.717, 1.165) is 23.9 Å². The summed E-state index contributed by atoms with van der Waals surface area (Å²) < 4.78 is 52.3. The third-order valence-electron chi connectivity index (χ3n) is 4.41. The molecule has 0 atom stereocenters. The van der Waals surface area contributed by atoms with Gasteiger partial charge >= 0.3 is 6.18 Å². The minimum atomic E-state index is -4.51. The molecule has 0 radical (unpaired) electrons. The van der Waals surface area contributed by atoms with Gasteiger partial charge in [-0.25, -0.2) is 0 Å². The highest BCUT2D eigenvalue weighted by Crippen LogP contribution is 2.32. The Labute approximate surface area is 199 Å². The molecule has 1 N–H and O–H groups in total. The average molecular weight is 495 g/mol. The molecule has 2 aromatic carbocycles. The minimum absolute atomic E-state index is 0.0215. The number of aromatic nitrogens is 3. The number of nitrogens with zero attached hydrogens (tertiary/aromatic N) is 3. The highest BCUT2D eigenvalue weighted by atomic mass is 32.2. The molecular formula is C23H25F3N4O3S. The molecule has 34 heavy (non-hydrogen) atoms. The van der Waals surface area contributed by atoms with E-state index in [1.807, 2.05) is 20.8 Å². The Morgan fingerprint density at radius 1 is 1.06 bits per heavy atom. The van der Waals surface area contributed by atoms with Crippen molar-refractivity contribution in [2.45, 2.75) is 44.2 Å². The number of amides is 1. The van der Waals surface area contributed by atoms with E-state index in [9.17, 15) is 18.0 Å². The Morgan fingerprint density at radius 2 is 1.74 bits per heavy atom. The summed E-state index contributed by atoms with van der Waals surface area (Å²) in [5.41, 5.74) is -1.00. The lowest BCUT2D eigenvalue weighted by Crippen LogP contribution is -2.41. The normalized spacial score (nSPS) is 11.9. The molecule has 0 unspecified atom stereocenters. The van der Waals surface area contributed by atoms with Crippen LogP contribution in [0.25, 0.3) is 5.69 Å². The molecule has 7 nitrogen and oxygen atoms in total. The second-order valence-corrected chi connectivity index (χ2v) is 9.28. The molecular weight excluding hydrogens is 469 g/mol. The van der Waals surface area contributed by atoms with E-state index in [2.05, 4.69) is 15.5 Å². The number of hydrogen-bond donors (Lipinski definition) is 1. The lowest BCUT2D eigenvalue weighted by atomic mass is 10.1. The van der Waals surface area contributed by atoms with Gasteiger partial charge in [-0.1, -0.05) is 17.8 Å². The summed E-state index contributed by atoms with van der Waals surface area (Å²) in [6.07, 6.45) is -4.51. The number of rotatable bonds is 8. The van der Waals surface area contributed by atoms with Gasteiger partial charge in [0.2, 0.25) is 5.91 Å². The van der Waals surface area contributed by atoms with Crippen LogP contribution in [0.15, 0.2) is 53.7 Å². The van der Waals surface area contributed by atoms with Crippen LogP contribution >= 0.6 is 11.8 Å². The van der Waals surface area contributed by atoms with Gasteiger partial charge in [0, 0.05) is 5.54 Å². The Bertz CT molecular complexity index is 1130. The van der Waals surface area contributed by atoms with Crippen LogP contribution in [-0.2, 0) is 17.6 Å². The Hall–Kier alpha value is -3.21. The molecule has 3 aromatic rings. The number of halogens is 3. The molecule has 0 fully saturated rings. The van der Waals surface area contributed by atoms with Gasteiger partial charge in [0.15, 0.2) is 11.0 Å². The van der Waals surface area contributed by atoms with Gasteiger partial charge in [0.05, 0.1) is 24.1 Å². The first-order chi connectivity index (χ1) is 16.0. The smallest absolute Gasteiger partial charge is 0.416 e. The van der Waals surface area contributed by atoms with Crippen LogP contribution < -0.4 is 14.8 Å². The maximum Gasteiger partial charge on any atom is 0.416 e. The molecule has 1 aromatic heterocycles. The van der Waals surface area contributed by atoms with Crippen molar-refractivity contribution in [1.82, 2.24) is 20.1 Å². The number of nitrogens with one attached hydrogen (secondary N) is 1. The van der Waals surface area contributed by atoms with Crippen LogP contribution in [-0.4, -0.2) is 39.1 Å². The lowest BCUT2D eigenvalue weighted by molar-refractivity contribution is -0.137. The predicted octanol–water partition coefficient (Wildman–Crippen LogP) is 4.88. The maximum atomic E-state index is 13.3. The molecule has 0 aliphatic rings. The monoisotopic (exact) mass is 494 g/mol. The van der Waals surface area contributed by atoms with Gasteiger partial charge in [0.1, 0.15) is 18.1 Å². The van der Waals surface area contributed by atoms with E-state index in [-0.39, 0.29) is 34.9 Å². The number of alkyl halides is 3. The molecule has 3 rings (SSSR count). The van der Waals surface area contributed by atoms with Crippen molar-refractivity contribution in [3.8, 4) is 17.2 Å². The van der Waals surface area contributed by atoms with Crippen molar-refractivity contribution < 1.29 is 27.4 Å². The number of ether oxygens (including phenoxy) is 2. The van der Waals surface area contributed by atoms with Crippen molar-refractivity contribution in [2.75, 3.05) is 12.9 Å². The van der Waals surface area contributed by atoms with Gasteiger partial charge in [-0.05, 0) is 63.2 Å². The summed E-state index contributed by atoms with van der Waals surface area (Å²) in [6, 6.07) is 11.7. The van der Waals surface area contributed by atoms with Gasteiger partial charge in [0.25, 0.3) is 0 Å². The fraction of sp³-hybridized carbons (Fsp3) is 0.348. The summed E-state index contributed by atoms with van der Waals surface area (Å²) in [4.78, 5) is 12.3. The van der Waals surface area contributed by atoms with Crippen LogP contribution in [0.1, 0.15) is 32.2 Å². The molecule has 11 heteroatoms. The first-order valence-corrected chi connectivity index (χ1v) is 11.3. The van der Waals surface area contributed by atoms with Crippen LogP contribution in [0.3, 0.4) is 0 Å². The fourth-order valence-corrected chi connectivity index (χ4v) is 3.74. The summed E-state index contributed by atoms with van der Waals surface area (Å²) in [5, 5.41) is 11.3. The fourth-order valence-electron chi connectivity index (χ4n) is 2.97. The second-order valence-electron chi connectivity index (χ2n) is 8.33. The average Bonchev–Trinajstić information content (AvgIpc) is 3.18. The zero-order valence-corrected chi connectivity index (χ0v) is 20.0. The molecule has 0 aliphatic heterocycles. The zero-order chi connectivity index (χ0) is 24.9. The summed E-state index contributed by atoms with van der Waals surface area (Å²) in [7, 11) is 1.55. The molecule has 0 bridgehead atoms. The van der Waals surface area contributed by atoms with Gasteiger partial charge < -0.3 is 14.8 Å². The number of benzene rings is 2. The third-order valence-corrected chi connectivity index (χ3v) is 5.34. The van der Waals surface area contributed by atoms with Crippen molar-refractivity contribution in [3.05, 3.63) is 59.9 Å². The van der Waals surface area contributed by atoms with Crippen LogP contribution in [0.2, 0.25) is 0 Å². The molecule has 0 spiro atoms. The summed E-state index contributed by atoms with van der Waals surface area (Å²) in [6.45, 7) is 5.52. The molecule has 182 valence electrons. The maximum absolute atomic E-state index is 13.3. The van der Waals surface area contributed by atoms with Crippen molar-refractivity contribution in [2.24, 2.45) is 0 Å². The lowest BCUT2D eigenvalue weighted by Gasteiger charge is -2.20. The van der Waals surface area contributed by atoms with E-state index in [1.54, 1.807) is 31.4 Å². The quantitative estimate of drug-likeness (QED) is 0.450. The van der Waals surface area contributed by atoms with E-state index < -0.39 is 17.3 Å². The van der Waals surface area contributed by atoms with E-state index in [1.165, 1.54) is 16.7 Å². The molecule has 1 amide bonds. The van der Waals surface area contributed by atoms with E-state index >= 15 is 0 Å². The van der Waals surface area contributed by atoms with E-state index in [0.29, 0.717) is 11.5 Å². The summed E-state index contributed by atoms with van der Waals surface area (Å²) >= 11 is 1.08. The SMILES string of the molecule is COc1ccc(OCc2nnc(SCC(=O)NC(C)(C)C)n2-c2cccc(C(F)(F)F)c2)cc1. The highest BCUT2D eigenvalue weighted by Gasteiger charge is 2.31.